The lowest BCUT2D eigenvalue weighted by Gasteiger charge is -2.06. The minimum atomic E-state index is -1.06. The molecule has 1 N–H and O–H groups in total. The van der Waals surface area contributed by atoms with Crippen LogP contribution in [0.5, 0.6) is 0 Å². The summed E-state index contributed by atoms with van der Waals surface area (Å²) in [4.78, 5) is 11.7. The molecule has 20 heavy (non-hydrogen) atoms. The summed E-state index contributed by atoms with van der Waals surface area (Å²) in [5.41, 5.74) is 0.534. The maximum atomic E-state index is 13.4. The van der Waals surface area contributed by atoms with Gasteiger partial charge >= 0.3 is 0 Å². The van der Waals surface area contributed by atoms with Gasteiger partial charge in [-0.2, -0.15) is 5.10 Å². The summed E-state index contributed by atoms with van der Waals surface area (Å²) in [5.74, 6) is -2.07. The predicted molar refractivity (Wildman–Crippen MR) is 75.4 cm³/mol. The molecule has 0 amide bonds. The number of aromatic amines is 1. The normalized spacial score (nSPS) is 10.9. The maximum absolute atomic E-state index is 13.4. The first-order valence-electron chi connectivity index (χ1n) is 5.69. The quantitative estimate of drug-likeness (QED) is 0.737. The van der Waals surface area contributed by atoms with Crippen LogP contribution in [0.2, 0.25) is 0 Å². The van der Waals surface area contributed by atoms with Crippen LogP contribution >= 0.6 is 15.9 Å². The molecule has 0 radical (unpaired) electrons. The molecule has 0 bridgehead atoms. The molecule has 0 aliphatic heterocycles. The molecule has 6 heteroatoms. The molecule has 0 unspecified atom stereocenters. The molecule has 0 aliphatic rings. The first-order chi connectivity index (χ1) is 9.56. The van der Waals surface area contributed by atoms with Gasteiger partial charge in [0.25, 0.3) is 5.56 Å². The number of halogens is 3. The van der Waals surface area contributed by atoms with Crippen LogP contribution < -0.4 is 5.56 Å². The fourth-order valence-electron chi connectivity index (χ4n) is 1.99. The number of hydrogen-bond acceptors (Lipinski definition) is 2. The number of aromatic nitrogens is 2. The summed E-state index contributed by atoms with van der Waals surface area (Å²) in [5, 5.41) is 6.57. The van der Waals surface area contributed by atoms with Gasteiger partial charge in [-0.05, 0) is 24.3 Å². The monoisotopic (exact) mass is 336 g/mol. The Labute approximate surface area is 120 Å². The van der Waals surface area contributed by atoms with Crippen molar-refractivity contribution < 1.29 is 8.78 Å². The molecule has 0 saturated heterocycles. The summed E-state index contributed by atoms with van der Waals surface area (Å²) in [6.07, 6.45) is 0. The van der Waals surface area contributed by atoms with Crippen molar-refractivity contribution in [3.05, 3.63) is 62.9 Å². The topological polar surface area (TPSA) is 45.8 Å². The highest BCUT2D eigenvalue weighted by Gasteiger charge is 2.12. The number of hydrogen-bond donors (Lipinski definition) is 1. The third-order valence-electron chi connectivity index (χ3n) is 2.95. The van der Waals surface area contributed by atoms with E-state index in [1.807, 2.05) is 0 Å². The van der Waals surface area contributed by atoms with Crippen LogP contribution in [-0.4, -0.2) is 10.2 Å². The minimum absolute atomic E-state index is 0.0665. The zero-order valence-corrected chi connectivity index (χ0v) is 11.5. The SMILES string of the molecule is O=c1[nH]nc(-c2ccc(Br)cc2)c2cc(F)c(F)cc12. The average molecular weight is 337 g/mol. The summed E-state index contributed by atoms with van der Waals surface area (Å²) in [7, 11) is 0. The maximum Gasteiger partial charge on any atom is 0.272 e. The predicted octanol–water partition coefficient (Wildman–Crippen LogP) is 3.63. The van der Waals surface area contributed by atoms with Crippen molar-refractivity contribution in [3.63, 3.8) is 0 Å². The number of nitrogens with one attached hydrogen (secondary N) is 1. The molecule has 1 heterocycles. The number of fused-ring (bicyclic) bond motifs is 1. The summed E-state index contributed by atoms with van der Waals surface area (Å²) in [6, 6.07) is 9.01. The van der Waals surface area contributed by atoms with Gasteiger partial charge in [0.2, 0.25) is 0 Å². The van der Waals surface area contributed by atoms with E-state index in [0.717, 1.165) is 16.6 Å². The van der Waals surface area contributed by atoms with Crippen molar-refractivity contribution in [1.29, 1.82) is 0 Å². The Bertz CT molecular complexity index is 859. The zero-order chi connectivity index (χ0) is 14.3. The van der Waals surface area contributed by atoms with E-state index in [0.29, 0.717) is 11.3 Å². The second-order valence-corrected chi connectivity index (χ2v) is 5.14. The van der Waals surface area contributed by atoms with Crippen LogP contribution in [0, 0.1) is 11.6 Å². The molecule has 0 saturated carbocycles. The van der Waals surface area contributed by atoms with Gasteiger partial charge in [0.15, 0.2) is 11.6 Å². The number of H-pyrrole nitrogens is 1. The Morgan fingerprint density at radius 2 is 1.60 bits per heavy atom. The second-order valence-electron chi connectivity index (χ2n) is 4.22. The smallest absolute Gasteiger partial charge is 0.267 e. The van der Waals surface area contributed by atoms with Crippen LogP contribution in [0.3, 0.4) is 0 Å². The fourth-order valence-corrected chi connectivity index (χ4v) is 2.25. The zero-order valence-electron chi connectivity index (χ0n) is 9.95. The average Bonchev–Trinajstić information content (AvgIpc) is 2.43. The molecule has 3 nitrogen and oxygen atoms in total. The molecule has 0 spiro atoms. The highest BCUT2D eigenvalue weighted by molar-refractivity contribution is 9.10. The van der Waals surface area contributed by atoms with E-state index in [9.17, 15) is 13.6 Å². The molecular formula is C14H7BrF2N2O. The van der Waals surface area contributed by atoms with Gasteiger partial charge in [0, 0.05) is 15.4 Å². The molecule has 100 valence electrons. The van der Waals surface area contributed by atoms with Crippen molar-refractivity contribution in [3.8, 4) is 11.3 Å². The van der Waals surface area contributed by atoms with Gasteiger partial charge in [-0.1, -0.05) is 28.1 Å². The van der Waals surface area contributed by atoms with Gasteiger partial charge in [-0.15, -0.1) is 0 Å². The highest BCUT2D eigenvalue weighted by Crippen LogP contribution is 2.26. The van der Waals surface area contributed by atoms with Crippen LogP contribution in [0.4, 0.5) is 8.78 Å². The lowest BCUT2D eigenvalue weighted by atomic mass is 10.0. The van der Waals surface area contributed by atoms with Gasteiger partial charge in [0.1, 0.15) is 0 Å². The molecule has 0 fully saturated rings. The molecule has 3 rings (SSSR count). The Morgan fingerprint density at radius 3 is 2.25 bits per heavy atom. The summed E-state index contributed by atoms with van der Waals surface area (Å²) in [6.45, 7) is 0. The lowest BCUT2D eigenvalue weighted by Crippen LogP contribution is -2.10. The summed E-state index contributed by atoms with van der Waals surface area (Å²) < 4.78 is 27.6. The first kappa shape index (κ1) is 12.9. The minimum Gasteiger partial charge on any atom is -0.267 e. The third-order valence-corrected chi connectivity index (χ3v) is 3.48. The Kier molecular flexibility index (Phi) is 3.10. The molecule has 2 aromatic carbocycles. The largest absolute Gasteiger partial charge is 0.272 e. The van der Waals surface area contributed by atoms with Crippen molar-refractivity contribution in [2.45, 2.75) is 0 Å². The number of nitrogens with zero attached hydrogens (tertiary/aromatic N) is 1. The number of benzene rings is 2. The van der Waals surface area contributed by atoms with Crippen molar-refractivity contribution in [2.24, 2.45) is 0 Å². The van der Waals surface area contributed by atoms with Crippen molar-refractivity contribution in [2.75, 3.05) is 0 Å². The van der Waals surface area contributed by atoms with Crippen molar-refractivity contribution >= 4 is 26.7 Å². The van der Waals surface area contributed by atoms with Crippen LogP contribution in [-0.2, 0) is 0 Å². The molecule has 1 aromatic heterocycles. The standard InChI is InChI=1S/C14H7BrF2N2O/c15-8-3-1-7(2-4-8)13-9-5-11(16)12(17)6-10(9)14(20)19-18-13/h1-6H,(H,19,20). The number of rotatable bonds is 1. The fraction of sp³-hybridized carbons (Fsp3) is 0. The van der Waals surface area contributed by atoms with E-state index in [1.54, 1.807) is 24.3 Å². The second kappa shape index (κ2) is 4.79. The Hall–Kier alpha value is -2.08. The molecular weight excluding hydrogens is 330 g/mol. The molecule has 0 aliphatic carbocycles. The van der Waals surface area contributed by atoms with Crippen molar-refractivity contribution in [1.82, 2.24) is 10.2 Å². The summed E-state index contributed by atoms with van der Waals surface area (Å²) >= 11 is 3.31. The van der Waals surface area contributed by atoms with Crippen LogP contribution in [0.1, 0.15) is 0 Å². The van der Waals surface area contributed by atoms with E-state index >= 15 is 0 Å². The molecule has 3 aromatic rings. The van der Waals surface area contributed by atoms with E-state index < -0.39 is 17.2 Å². The van der Waals surface area contributed by atoms with Gasteiger partial charge in [0.05, 0.1) is 11.1 Å². The van der Waals surface area contributed by atoms with Crippen LogP contribution in [0.25, 0.3) is 22.0 Å². The van der Waals surface area contributed by atoms with Gasteiger partial charge < -0.3 is 0 Å². The van der Waals surface area contributed by atoms with E-state index in [1.165, 1.54) is 0 Å². The Balaban J connectivity index is 2.37. The lowest BCUT2D eigenvalue weighted by molar-refractivity contribution is 0.511. The first-order valence-corrected chi connectivity index (χ1v) is 6.49. The van der Waals surface area contributed by atoms with E-state index in [2.05, 4.69) is 26.1 Å². The molecule has 0 atom stereocenters. The van der Waals surface area contributed by atoms with Gasteiger partial charge in [-0.3, -0.25) is 4.79 Å². The van der Waals surface area contributed by atoms with E-state index in [-0.39, 0.29) is 10.8 Å². The van der Waals surface area contributed by atoms with Crippen LogP contribution in [0.15, 0.2) is 45.7 Å². The Morgan fingerprint density at radius 1 is 1.00 bits per heavy atom. The third kappa shape index (κ3) is 2.12. The highest BCUT2D eigenvalue weighted by atomic mass is 79.9. The van der Waals surface area contributed by atoms with E-state index in [4.69, 9.17) is 0 Å². The van der Waals surface area contributed by atoms with Gasteiger partial charge in [-0.25, -0.2) is 13.9 Å².